The minimum absolute atomic E-state index is 0.0662. The van der Waals surface area contributed by atoms with Crippen LogP contribution in [0.4, 0.5) is 0 Å². The third-order valence-corrected chi connectivity index (χ3v) is 4.31. The average molecular weight is 254 g/mol. The molecule has 18 heavy (non-hydrogen) atoms. The van der Waals surface area contributed by atoms with Gasteiger partial charge in [0.15, 0.2) is 0 Å². The molecule has 3 unspecified atom stereocenters. The van der Waals surface area contributed by atoms with Gasteiger partial charge in [-0.1, -0.05) is 39.5 Å². The van der Waals surface area contributed by atoms with Gasteiger partial charge in [0, 0.05) is 19.1 Å². The Hall–Kier alpha value is -0.570. The summed E-state index contributed by atoms with van der Waals surface area (Å²) in [5.74, 6) is 0.944. The summed E-state index contributed by atoms with van der Waals surface area (Å²) in [5, 5.41) is 0. The van der Waals surface area contributed by atoms with Gasteiger partial charge in [0.2, 0.25) is 5.91 Å². The van der Waals surface area contributed by atoms with Gasteiger partial charge in [0.1, 0.15) is 0 Å². The SMILES string of the molecule is CCC(C)CN(CC)C(=O)C1CCCCCC1N. The van der Waals surface area contributed by atoms with Crippen LogP contribution in [-0.4, -0.2) is 29.9 Å². The molecule has 0 spiro atoms. The van der Waals surface area contributed by atoms with Crippen molar-refractivity contribution in [3.05, 3.63) is 0 Å². The van der Waals surface area contributed by atoms with E-state index < -0.39 is 0 Å². The molecule has 1 fully saturated rings. The second kappa shape index (κ2) is 7.78. The Balaban J connectivity index is 2.63. The number of rotatable bonds is 5. The van der Waals surface area contributed by atoms with Crippen molar-refractivity contribution < 1.29 is 4.79 Å². The van der Waals surface area contributed by atoms with Crippen molar-refractivity contribution in [1.82, 2.24) is 4.90 Å². The first-order valence-electron chi connectivity index (χ1n) is 7.64. The van der Waals surface area contributed by atoms with E-state index in [1.807, 2.05) is 4.90 Å². The van der Waals surface area contributed by atoms with Crippen LogP contribution in [0, 0.1) is 11.8 Å². The van der Waals surface area contributed by atoms with Gasteiger partial charge in [-0.15, -0.1) is 0 Å². The Morgan fingerprint density at radius 2 is 1.94 bits per heavy atom. The molecule has 1 aliphatic carbocycles. The quantitative estimate of drug-likeness (QED) is 0.767. The van der Waals surface area contributed by atoms with Crippen molar-refractivity contribution in [3.8, 4) is 0 Å². The van der Waals surface area contributed by atoms with Crippen LogP contribution in [0.3, 0.4) is 0 Å². The number of amides is 1. The maximum Gasteiger partial charge on any atom is 0.227 e. The lowest BCUT2D eigenvalue weighted by Crippen LogP contribution is -2.45. The summed E-state index contributed by atoms with van der Waals surface area (Å²) in [6.07, 6.45) is 6.69. The highest BCUT2D eigenvalue weighted by atomic mass is 16.2. The molecule has 3 nitrogen and oxygen atoms in total. The van der Waals surface area contributed by atoms with Crippen molar-refractivity contribution in [1.29, 1.82) is 0 Å². The van der Waals surface area contributed by atoms with Crippen molar-refractivity contribution >= 4 is 5.91 Å². The van der Waals surface area contributed by atoms with E-state index in [1.165, 1.54) is 12.8 Å². The summed E-state index contributed by atoms with van der Waals surface area (Å²) in [5.41, 5.74) is 6.19. The lowest BCUT2D eigenvalue weighted by Gasteiger charge is -2.30. The van der Waals surface area contributed by atoms with Gasteiger partial charge in [0.05, 0.1) is 5.92 Å². The Bertz CT molecular complexity index is 255. The van der Waals surface area contributed by atoms with E-state index in [2.05, 4.69) is 20.8 Å². The number of nitrogens with zero attached hydrogens (tertiary/aromatic N) is 1. The summed E-state index contributed by atoms with van der Waals surface area (Å²) in [6.45, 7) is 8.16. The van der Waals surface area contributed by atoms with E-state index >= 15 is 0 Å². The summed E-state index contributed by atoms with van der Waals surface area (Å²) in [4.78, 5) is 14.6. The Morgan fingerprint density at radius 3 is 2.56 bits per heavy atom. The Labute approximate surface area is 112 Å². The van der Waals surface area contributed by atoms with E-state index in [-0.39, 0.29) is 12.0 Å². The van der Waals surface area contributed by atoms with Crippen LogP contribution >= 0.6 is 0 Å². The van der Waals surface area contributed by atoms with Crippen molar-refractivity contribution in [2.24, 2.45) is 17.6 Å². The van der Waals surface area contributed by atoms with Crippen molar-refractivity contribution in [2.45, 2.75) is 65.3 Å². The molecule has 1 amide bonds. The summed E-state index contributed by atoms with van der Waals surface area (Å²) in [6, 6.07) is 0.0750. The van der Waals surface area contributed by atoms with Gasteiger partial charge < -0.3 is 10.6 Å². The predicted octanol–water partition coefficient (Wildman–Crippen LogP) is 2.79. The molecular weight excluding hydrogens is 224 g/mol. The zero-order valence-electron chi connectivity index (χ0n) is 12.3. The molecule has 3 atom stereocenters. The van der Waals surface area contributed by atoms with Crippen LogP contribution in [0.2, 0.25) is 0 Å². The first-order valence-corrected chi connectivity index (χ1v) is 7.64. The molecule has 0 radical (unpaired) electrons. The minimum atomic E-state index is 0.0662. The fourth-order valence-corrected chi connectivity index (χ4v) is 2.76. The standard InChI is InChI=1S/C15H30N2O/c1-4-12(3)11-17(5-2)15(18)13-9-7-6-8-10-14(13)16/h12-14H,4-11,16H2,1-3H3. The number of hydrogen-bond donors (Lipinski definition) is 1. The molecule has 3 heteroatoms. The van der Waals surface area contributed by atoms with Crippen LogP contribution in [-0.2, 0) is 4.79 Å². The Kier molecular flexibility index (Phi) is 6.69. The van der Waals surface area contributed by atoms with E-state index in [9.17, 15) is 4.79 Å². The normalized spacial score (nSPS) is 26.4. The van der Waals surface area contributed by atoms with Crippen LogP contribution in [0.1, 0.15) is 59.3 Å². The van der Waals surface area contributed by atoms with E-state index in [0.717, 1.165) is 38.8 Å². The molecule has 0 aromatic heterocycles. The molecule has 0 bridgehead atoms. The third-order valence-electron chi connectivity index (χ3n) is 4.31. The molecule has 0 aliphatic heterocycles. The molecule has 0 aromatic rings. The van der Waals surface area contributed by atoms with Gasteiger partial charge in [-0.25, -0.2) is 0 Å². The van der Waals surface area contributed by atoms with Crippen LogP contribution < -0.4 is 5.73 Å². The smallest absolute Gasteiger partial charge is 0.227 e. The van der Waals surface area contributed by atoms with Gasteiger partial charge in [-0.3, -0.25) is 4.79 Å². The van der Waals surface area contributed by atoms with Gasteiger partial charge in [0.25, 0.3) is 0 Å². The van der Waals surface area contributed by atoms with Crippen LogP contribution in [0.15, 0.2) is 0 Å². The first kappa shape index (κ1) is 15.5. The first-order chi connectivity index (χ1) is 8.60. The van der Waals surface area contributed by atoms with E-state index in [0.29, 0.717) is 11.8 Å². The lowest BCUT2D eigenvalue weighted by atomic mass is 9.93. The predicted molar refractivity (Wildman–Crippen MR) is 76.3 cm³/mol. The summed E-state index contributed by atoms with van der Waals surface area (Å²) < 4.78 is 0. The molecule has 1 saturated carbocycles. The number of nitrogens with two attached hydrogens (primary N) is 1. The van der Waals surface area contributed by atoms with Gasteiger partial charge in [-0.2, -0.15) is 0 Å². The molecule has 0 heterocycles. The second-order valence-corrected chi connectivity index (χ2v) is 5.80. The van der Waals surface area contributed by atoms with Crippen LogP contribution in [0.25, 0.3) is 0 Å². The molecule has 106 valence electrons. The number of carbonyl (C=O) groups is 1. The highest BCUT2D eigenvalue weighted by molar-refractivity contribution is 5.79. The van der Waals surface area contributed by atoms with Gasteiger partial charge >= 0.3 is 0 Å². The highest BCUT2D eigenvalue weighted by Gasteiger charge is 2.30. The number of hydrogen-bond acceptors (Lipinski definition) is 2. The second-order valence-electron chi connectivity index (χ2n) is 5.80. The maximum atomic E-state index is 12.6. The van der Waals surface area contributed by atoms with Crippen molar-refractivity contribution in [2.75, 3.05) is 13.1 Å². The molecule has 0 saturated heterocycles. The maximum absolute atomic E-state index is 12.6. The molecule has 0 aromatic carbocycles. The lowest BCUT2D eigenvalue weighted by molar-refractivity contribution is -0.136. The third kappa shape index (κ3) is 4.27. The number of carbonyl (C=O) groups excluding carboxylic acids is 1. The minimum Gasteiger partial charge on any atom is -0.342 e. The monoisotopic (exact) mass is 254 g/mol. The topological polar surface area (TPSA) is 46.3 Å². The van der Waals surface area contributed by atoms with E-state index in [1.54, 1.807) is 0 Å². The molecule has 2 N–H and O–H groups in total. The zero-order chi connectivity index (χ0) is 13.5. The zero-order valence-corrected chi connectivity index (χ0v) is 12.3. The Morgan fingerprint density at radius 1 is 1.28 bits per heavy atom. The molecular formula is C15H30N2O. The molecule has 1 aliphatic rings. The van der Waals surface area contributed by atoms with Crippen molar-refractivity contribution in [3.63, 3.8) is 0 Å². The fourth-order valence-electron chi connectivity index (χ4n) is 2.76. The van der Waals surface area contributed by atoms with Crippen LogP contribution in [0.5, 0.6) is 0 Å². The highest BCUT2D eigenvalue weighted by Crippen LogP contribution is 2.24. The van der Waals surface area contributed by atoms with E-state index in [4.69, 9.17) is 5.73 Å². The molecule has 1 rings (SSSR count). The summed E-state index contributed by atoms with van der Waals surface area (Å²) >= 11 is 0. The largest absolute Gasteiger partial charge is 0.342 e. The fraction of sp³-hybridized carbons (Fsp3) is 0.933. The summed E-state index contributed by atoms with van der Waals surface area (Å²) in [7, 11) is 0. The van der Waals surface area contributed by atoms with Gasteiger partial charge in [-0.05, 0) is 25.7 Å². The average Bonchev–Trinajstić information content (AvgIpc) is 2.59.